The number of carboxylic acid groups (broad SMARTS) is 1. The Bertz CT molecular complexity index is 1670. The molecule has 5 rings (SSSR count). The zero-order valence-electron chi connectivity index (χ0n) is 29.3. The number of carbonyl (C=O) groups is 1. The summed E-state index contributed by atoms with van der Waals surface area (Å²) < 4.78 is 52.4. The quantitative estimate of drug-likeness (QED) is 0.258. The minimum atomic E-state index is -4.50. The lowest BCUT2D eigenvalue weighted by atomic mass is 9.81. The molecule has 260 valence electrons. The molecule has 2 aliphatic heterocycles. The number of hydrogen-bond donors (Lipinski definition) is 1. The smallest absolute Gasteiger partial charge is 0.419 e. The van der Waals surface area contributed by atoms with Crippen molar-refractivity contribution >= 4 is 11.7 Å². The van der Waals surface area contributed by atoms with Gasteiger partial charge >= 0.3 is 12.1 Å². The highest BCUT2D eigenvalue weighted by atomic mass is 19.4. The Morgan fingerprint density at radius 2 is 1.71 bits per heavy atom. The van der Waals surface area contributed by atoms with E-state index in [4.69, 9.17) is 14.5 Å². The summed E-state index contributed by atoms with van der Waals surface area (Å²) in [5, 5.41) is 10.5. The lowest BCUT2D eigenvalue weighted by Gasteiger charge is -2.41. The van der Waals surface area contributed by atoms with E-state index >= 15 is 0 Å². The third kappa shape index (κ3) is 7.65. The van der Waals surface area contributed by atoms with Gasteiger partial charge < -0.3 is 19.5 Å². The van der Waals surface area contributed by atoms with Crippen LogP contribution in [-0.4, -0.2) is 53.3 Å². The molecule has 2 aromatic carbocycles. The molecule has 48 heavy (non-hydrogen) atoms. The molecule has 0 saturated carbocycles. The fourth-order valence-electron chi connectivity index (χ4n) is 7.07. The van der Waals surface area contributed by atoms with Crippen molar-refractivity contribution in [2.24, 2.45) is 5.41 Å². The highest BCUT2D eigenvalue weighted by Crippen LogP contribution is 2.45. The molecule has 1 fully saturated rings. The number of ether oxygens (including phenoxy) is 2. The van der Waals surface area contributed by atoms with E-state index in [2.05, 4.69) is 41.8 Å². The molecule has 0 bridgehead atoms. The van der Waals surface area contributed by atoms with Crippen LogP contribution < -0.4 is 9.64 Å². The molecule has 3 heterocycles. The van der Waals surface area contributed by atoms with Crippen molar-refractivity contribution in [2.45, 2.75) is 98.7 Å². The summed E-state index contributed by atoms with van der Waals surface area (Å²) in [7, 11) is 1.28. The predicted molar refractivity (Wildman–Crippen MR) is 181 cm³/mol. The normalized spacial score (nSPS) is 17.6. The Labute approximate surface area is 282 Å². The number of nitrogens with zero attached hydrogens (tertiary/aromatic N) is 3. The first-order valence-corrected chi connectivity index (χ1v) is 16.6. The number of aryl methyl sites for hydroxylation is 2. The number of alkyl halides is 3. The summed E-state index contributed by atoms with van der Waals surface area (Å²) in [6.07, 6.45) is -3.03. The van der Waals surface area contributed by atoms with Gasteiger partial charge in [-0.2, -0.15) is 13.2 Å². The molecule has 2 aliphatic rings. The number of carboxylic acids is 1. The Morgan fingerprint density at radius 1 is 1.02 bits per heavy atom. The summed E-state index contributed by atoms with van der Waals surface area (Å²) in [5.74, 6) is -1.18. The fraction of sp³-hybridized carbons (Fsp3) is 0.526. The third-order valence-electron chi connectivity index (χ3n) is 9.56. The maximum atomic E-state index is 13.6. The Kier molecular flexibility index (Phi) is 9.92. The molecule has 0 aliphatic carbocycles. The number of aromatic nitrogens is 1. The van der Waals surface area contributed by atoms with Gasteiger partial charge in [0.25, 0.3) is 0 Å². The number of pyridine rings is 1. The van der Waals surface area contributed by atoms with Crippen molar-refractivity contribution in [3.8, 4) is 16.9 Å². The molecule has 10 heteroatoms. The van der Waals surface area contributed by atoms with Crippen LogP contribution in [-0.2, 0) is 35.2 Å². The van der Waals surface area contributed by atoms with Gasteiger partial charge in [0, 0.05) is 60.8 Å². The predicted octanol–water partition coefficient (Wildman–Crippen LogP) is 8.52. The average Bonchev–Trinajstić information content (AvgIpc) is 2.98. The first-order valence-electron chi connectivity index (χ1n) is 16.6. The maximum Gasteiger partial charge on any atom is 0.419 e. The van der Waals surface area contributed by atoms with Crippen LogP contribution in [0, 0.1) is 19.3 Å². The van der Waals surface area contributed by atoms with Crippen LogP contribution in [0.4, 0.5) is 18.9 Å². The van der Waals surface area contributed by atoms with Crippen LogP contribution in [0.1, 0.15) is 92.8 Å². The van der Waals surface area contributed by atoms with E-state index in [0.29, 0.717) is 42.9 Å². The van der Waals surface area contributed by atoms with Crippen LogP contribution in [0.5, 0.6) is 5.75 Å². The van der Waals surface area contributed by atoms with E-state index in [0.717, 1.165) is 65.6 Å². The first kappa shape index (κ1) is 35.7. The number of anilines is 1. The van der Waals surface area contributed by atoms with Crippen LogP contribution in [0.3, 0.4) is 0 Å². The molecule has 0 amide bonds. The zero-order valence-corrected chi connectivity index (χ0v) is 29.3. The van der Waals surface area contributed by atoms with Gasteiger partial charge in [-0.25, -0.2) is 4.79 Å². The highest BCUT2D eigenvalue weighted by molar-refractivity contribution is 5.88. The van der Waals surface area contributed by atoms with Crippen molar-refractivity contribution < 1.29 is 32.5 Å². The van der Waals surface area contributed by atoms with E-state index in [-0.39, 0.29) is 11.2 Å². The standard InChI is InChI=1S/C38H48F3N3O4/c1-23-30(32(44-18-15-37(6,7)16-19-44)31(24(2)42-23)34(35(45)46)48-36(3,4)5)26-12-13-27-21-43(17-14-25(27)20-26)22-28-10-9-11-29(33(28)47-8)38(39,40)41/h9-13,20,34H,14-19,21-22H2,1-8H3,(H,45,46)/t34-/m0/s1. The Morgan fingerprint density at radius 3 is 2.31 bits per heavy atom. The van der Waals surface area contributed by atoms with Crippen LogP contribution >= 0.6 is 0 Å². The van der Waals surface area contributed by atoms with Gasteiger partial charge in [0.2, 0.25) is 0 Å². The third-order valence-corrected chi connectivity index (χ3v) is 9.56. The molecular weight excluding hydrogens is 619 g/mol. The molecule has 1 aromatic heterocycles. The van der Waals surface area contributed by atoms with E-state index in [1.54, 1.807) is 6.07 Å². The number of benzene rings is 2. The van der Waals surface area contributed by atoms with Gasteiger partial charge in [-0.15, -0.1) is 0 Å². The number of rotatable bonds is 8. The molecule has 3 aromatic rings. The van der Waals surface area contributed by atoms with Crippen molar-refractivity contribution in [3.05, 3.63) is 75.6 Å². The van der Waals surface area contributed by atoms with E-state index in [9.17, 15) is 23.1 Å². The van der Waals surface area contributed by atoms with Crippen LogP contribution in [0.2, 0.25) is 0 Å². The maximum absolute atomic E-state index is 13.6. The summed E-state index contributed by atoms with van der Waals surface area (Å²) in [6.45, 7) is 17.1. The molecule has 0 spiro atoms. The number of hydrogen-bond acceptors (Lipinski definition) is 6. The number of para-hydroxylation sites is 1. The number of fused-ring (bicyclic) bond motifs is 1. The van der Waals surface area contributed by atoms with Gasteiger partial charge in [-0.3, -0.25) is 9.88 Å². The second-order valence-corrected chi connectivity index (χ2v) is 15.0. The van der Waals surface area contributed by atoms with Crippen molar-refractivity contribution in [1.82, 2.24) is 9.88 Å². The van der Waals surface area contributed by atoms with Crippen molar-refractivity contribution in [2.75, 3.05) is 31.6 Å². The van der Waals surface area contributed by atoms with E-state index in [1.165, 1.54) is 13.2 Å². The molecule has 0 radical (unpaired) electrons. The van der Waals surface area contributed by atoms with Crippen molar-refractivity contribution in [3.63, 3.8) is 0 Å². The van der Waals surface area contributed by atoms with Crippen LogP contribution in [0.15, 0.2) is 36.4 Å². The molecule has 1 N–H and O–H groups in total. The fourth-order valence-corrected chi connectivity index (χ4v) is 7.07. The number of methoxy groups -OCH3 is 1. The molecule has 7 nitrogen and oxygen atoms in total. The van der Waals surface area contributed by atoms with Crippen LogP contribution in [0.25, 0.3) is 11.1 Å². The molecule has 1 atom stereocenters. The van der Waals surface area contributed by atoms with E-state index in [1.807, 2.05) is 34.6 Å². The van der Waals surface area contributed by atoms with Gasteiger partial charge in [0.1, 0.15) is 5.75 Å². The lowest BCUT2D eigenvalue weighted by molar-refractivity contribution is -0.160. The Balaban J connectivity index is 1.54. The number of aliphatic carboxylic acids is 1. The molecule has 0 unspecified atom stereocenters. The summed E-state index contributed by atoms with van der Waals surface area (Å²) in [4.78, 5) is 22.2. The average molecular weight is 668 g/mol. The van der Waals surface area contributed by atoms with Gasteiger partial charge in [-0.05, 0) is 82.1 Å². The minimum Gasteiger partial charge on any atom is -0.496 e. The van der Waals surface area contributed by atoms with Gasteiger partial charge in [0.15, 0.2) is 6.10 Å². The SMILES string of the molecule is COc1c(CN2CCc3cc(-c4c(C)nc(C)c([C@H](OC(C)(C)C)C(=O)O)c4N4CCC(C)(C)CC4)ccc3C2)cccc1C(F)(F)F. The Hall–Kier alpha value is -3.63. The number of halogens is 3. The monoisotopic (exact) mass is 667 g/mol. The van der Waals surface area contributed by atoms with Crippen molar-refractivity contribution in [1.29, 1.82) is 0 Å². The second-order valence-electron chi connectivity index (χ2n) is 15.0. The first-order chi connectivity index (χ1) is 22.4. The largest absolute Gasteiger partial charge is 0.496 e. The van der Waals surface area contributed by atoms with Gasteiger partial charge in [0.05, 0.1) is 24.0 Å². The second kappa shape index (κ2) is 13.3. The summed E-state index contributed by atoms with van der Waals surface area (Å²) in [6, 6.07) is 10.5. The zero-order chi connectivity index (χ0) is 35.2. The van der Waals surface area contributed by atoms with E-state index < -0.39 is 29.4 Å². The molecule has 1 saturated heterocycles. The minimum absolute atomic E-state index is 0.131. The number of piperidine rings is 1. The molecular formula is C38H48F3N3O4. The summed E-state index contributed by atoms with van der Waals surface area (Å²) in [5.41, 5.74) is 6.32. The summed E-state index contributed by atoms with van der Waals surface area (Å²) >= 11 is 0. The lowest BCUT2D eigenvalue weighted by Crippen LogP contribution is -2.39. The van der Waals surface area contributed by atoms with Gasteiger partial charge in [-0.1, -0.05) is 44.2 Å². The topological polar surface area (TPSA) is 75.1 Å². The highest BCUT2D eigenvalue weighted by Gasteiger charge is 2.37.